The lowest BCUT2D eigenvalue weighted by atomic mass is 10.1. The average Bonchev–Trinajstić information content (AvgIpc) is 3.16. The van der Waals surface area contributed by atoms with Crippen molar-refractivity contribution in [3.05, 3.63) is 70.2 Å². The summed E-state index contributed by atoms with van der Waals surface area (Å²) < 4.78 is 1.78. The molecule has 0 saturated carbocycles. The predicted octanol–water partition coefficient (Wildman–Crippen LogP) is 3.75. The van der Waals surface area contributed by atoms with Crippen LogP contribution in [0.2, 0.25) is 5.02 Å². The third-order valence-corrected chi connectivity index (χ3v) is 4.93. The summed E-state index contributed by atoms with van der Waals surface area (Å²) in [7, 11) is 0. The van der Waals surface area contributed by atoms with Crippen molar-refractivity contribution in [3.63, 3.8) is 0 Å². The summed E-state index contributed by atoms with van der Waals surface area (Å²) in [5, 5.41) is 14.7. The molecular weight excluding hydrogens is 342 g/mol. The zero-order chi connectivity index (χ0) is 16.5. The van der Waals surface area contributed by atoms with Gasteiger partial charge in [-0.1, -0.05) is 65.4 Å². The lowest BCUT2D eigenvalue weighted by Crippen LogP contribution is -2.13. The number of aromatic nitrogens is 4. The summed E-state index contributed by atoms with van der Waals surface area (Å²) in [5.41, 5.74) is 8.32. The van der Waals surface area contributed by atoms with Crippen LogP contribution in [0.5, 0.6) is 0 Å². The number of nitrogens with zero attached hydrogens (tertiary/aromatic N) is 4. The Kier molecular flexibility index (Phi) is 4.02. The van der Waals surface area contributed by atoms with Crippen LogP contribution in [0.25, 0.3) is 16.3 Å². The molecule has 4 rings (SSSR count). The molecule has 0 amide bonds. The van der Waals surface area contributed by atoms with E-state index in [0.29, 0.717) is 11.4 Å². The molecule has 24 heavy (non-hydrogen) atoms. The Balaban J connectivity index is 1.62. The Morgan fingerprint density at radius 1 is 1.04 bits per heavy atom. The Morgan fingerprint density at radius 3 is 2.54 bits per heavy atom. The number of hydrogen-bond acceptors (Lipinski definition) is 5. The van der Waals surface area contributed by atoms with Gasteiger partial charge in [0.05, 0.1) is 0 Å². The molecular formula is C17H14ClN5S. The molecule has 0 spiro atoms. The van der Waals surface area contributed by atoms with Crippen molar-refractivity contribution in [2.75, 3.05) is 0 Å². The van der Waals surface area contributed by atoms with E-state index in [1.807, 2.05) is 54.6 Å². The maximum absolute atomic E-state index is 6.30. The largest absolute Gasteiger partial charge is 0.324 e. The molecule has 1 unspecified atom stereocenters. The van der Waals surface area contributed by atoms with E-state index < -0.39 is 0 Å². The second kappa shape index (κ2) is 6.32. The van der Waals surface area contributed by atoms with Crippen LogP contribution in [-0.4, -0.2) is 19.8 Å². The van der Waals surface area contributed by atoms with Crippen molar-refractivity contribution in [1.82, 2.24) is 19.8 Å². The van der Waals surface area contributed by atoms with E-state index in [-0.39, 0.29) is 6.04 Å². The van der Waals surface area contributed by atoms with Crippen molar-refractivity contribution in [3.8, 4) is 11.4 Å². The van der Waals surface area contributed by atoms with Crippen LogP contribution in [0.15, 0.2) is 54.6 Å². The number of benzene rings is 2. The predicted molar refractivity (Wildman–Crippen MR) is 96.2 cm³/mol. The highest BCUT2D eigenvalue weighted by Crippen LogP contribution is 2.24. The standard InChI is InChI=1S/C17H14ClN5S/c18-13-8-6-11(7-9-13)14(19)10-15-22-23-16(20-21-17(23)24-15)12-4-2-1-3-5-12/h1-9,14H,10,19H2. The summed E-state index contributed by atoms with van der Waals surface area (Å²) in [6.45, 7) is 0. The zero-order valence-electron chi connectivity index (χ0n) is 12.6. The first-order chi connectivity index (χ1) is 11.7. The van der Waals surface area contributed by atoms with Gasteiger partial charge < -0.3 is 5.73 Å². The van der Waals surface area contributed by atoms with Crippen molar-refractivity contribution >= 4 is 27.9 Å². The Labute approximate surface area is 147 Å². The molecule has 0 bridgehead atoms. The van der Waals surface area contributed by atoms with Gasteiger partial charge >= 0.3 is 0 Å². The first kappa shape index (κ1) is 15.3. The fourth-order valence-electron chi connectivity index (χ4n) is 2.52. The summed E-state index contributed by atoms with van der Waals surface area (Å²) in [6.07, 6.45) is 0.643. The normalized spacial score (nSPS) is 12.6. The van der Waals surface area contributed by atoms with Gasteiger partial charge in [0, 0.05) is 23.0 Å². The van der Waals surface area contributed by atoms with Crippen molar-refractivity contribution in [1.29, 1.82) is 0 Å². The van der Waals surface area contributed by atoms with Gasteiger partial charge in [0.25, 0.3) is 0 Å². The van der Waals surface area contributed by atoms with Gasteiger partial charge in [-0.3, -0.25) is 0 Å². The molecule has 0 radical (unpaired) electrons. The number of fused-ring (bicyclic) bond motifs is 1. The highest BCUT2D eigenvalue weighted by Gasteiger charge is 2.15. The highest BCUT2D eigenvalue weighted by atomic mass is 35.5. The lowest BCUT2D eigenvalue weighted by molar-refractivity contribution is 0.705. The minimum absolute atomic E-state index is 0.133. The van der Waals surface area contributed by atoms with Gasteiger partial charge in [-0.25, -0.2) is 0 Å². The zero-order valence-corrected chi connectivity index (χ0v) is 14.2. The fraction of sp³-hybridized carbons (Fsp3) is 0.118. The third kappa shape index (κ3) is 2.91. The summed E-state index contributed by atoms with van der Waals surface area (Å²) >= 11 is 7.43. The lowest BCUT2D eigenvalue weighted by Gasteiger charge is -2.09. The van der Waals surface area contributed by atoms with E-state index in [2.05, 4.69) is 15.3 Å². The first-order valence-electron chi connectivity index (χ1n) is 7.48. The molecule has 0 fully saturated rings. The van der Waals surface area contributed by atoms with E-state index in [0.717, 1.165) is 26.9 Å². The minimum Gasteiger partial charge on any atom is -0.324 e. The third-order valence-electron chi connectivity index (χ3n) is 3.76. The van der Waals surface area contributed by atoms with Crippen LogP contribution < -0.4 is 5.73 Å². The molecule has 7 heteroatoms. The van der Waals surface area contributed by atoms with Gasteiger partial charge in [-0.05, 0) is 17.7 Å². The molecule has 0 saturated heterocycles. The highest BCUT2D eigenvalue weighted by molar-refractivity contribution is 7.16. The molecule has 2 N–H and O–H groups in total. The number of hydrogen-bond donors (Lipinski definition) is 1. The molecule has 0 aliphatic heterocycles. The van der Waals surface area contributed by atoms with Crippen LogP contribution in [-0.2, 0) is 6.42 Å². The molecule has 2 aromatic heterocycles. The maximum Gasteiger partial charge on any atom is 0.234 e. The van der Waals surface area contributed by atoms with Gasteiger partial charge in [-0.2, -0.15) is 9.61 Å². The quantitative estimate of drug-likeness (QED) is 0.605. The van der Waals surface area contributed by atoms with Gasteiger partial charge in [0.1, 0.15) is 5.01 Å². The SMILES string of the molecule is NC(Cc1nn2c(-c3ccccc3)nnc2s1)c1ccc(Cl)cc1. The van der Waals surface area contributed by atoms with E-state index in [1.165, 1.54) is 11.3 Å². The number of rotatable bonds is 4. The molecule has 5 nitrogen and oxygen atoms in total. The molecule has 2 aromatic carbocycles. The second-order valence-electron chi connectivity index (χ2n) is 5.44. The smallest absolute Gasteiger partial charge is 0.234 e. The maximum atomic E-state index is 6.30. The Hall–Kier alpha value is -2.28. The first-order valence-corrected chi connectivity index (χ1v) is 8.68. The van der Waals surface area contributed by atoms with E-state index in [1.54, 1.807) is 4.52 Å². The summed E-state index contributed by atoms with van der Waals surface area (Å²) in [6, 6.07) is 17.4. The van der Waals surface area contributed by atoms with Crippen molar-refractivity contribution < 1.29 is 0 Å². The monoisotopic (exact) mass is 355 g/mol. The van der Waals surface area contributed by atoms with Crippen LogP contribution >= 0.6 is 22.9 Å². The molecule has 120 valence electrons. The van der Waals surface area contributed by atoms with Crippen molar-refractivity contribution in [2.45, 2.75) is 12.5 Å². The number of halogens is 1. The van der Waals surface area contributed by atoms with Crippen LogP contribution in [0, 0.1) is 0 Å². The van der Waals surface area contributed by atoms with E-state index in [4.69, 9.17) is 17.3 Å². The van der Waals surface area contributed by atoms with E-state index in [9.17, 15) is 0 Å². The van der Waals surface area contributed by atoms with Gasteiger partial charge in [0.15, 0.2) is 5.82 Å². The van der Waals surface area contributed by atoms with Crippen LogP contribution in [0.3, 0.4) is 0 Å². The fourth-order valence-corrected chi connectivity index (χ4v) is 3.54. The molecule has 0 aliphatic rings. The molecule has 0 aliphatic carbocycles. The summed E-state index contributed by atoms with van der Waals surface area (Å²) in [5.74, 6) is 0.744. The van der Waals surface area contributed by atoms with E-state index >= 15 is 0 Å². The topological polar surface area (TPSA) is 69.1 Å². The van der Waals surface area contributed by atoms with Gasteiger partial charge in [-0.15, -0.1) is 10.2 Å². The Morgan fingerprint density at radius 2 is 1.79 bits per heavy atom. The molecule has 2 heterocycles. The van der Waals surface area contributed by atoms with Crippen LogP contribution in [0.4, 0.5) is 0 Å². The molecule has 4 aromatic rings. The Bertz CT molecular complexity index is 962. The average molecular weight is 356 g/mol. The number of nitrogens with two attached hydrogens (primary N) is 1. The van der Waals surface area contributed by atoms with Crippen LogP contribution in [0.1, 0.15) is 16.6 Å². The molecule has 1 atom stereocenters. The van der Waals surface area contributed by atoms with Gasteiger partial charge in [0.2, 0.25) is 4.96 Å². The van der Waals surface area contributed by atoms with Crippen molar-refractivity contribution in [2.24, 2.45) is 5.73 Å². The minimum atomic E-state index is -0.133. The second-order valence-corrected chi connectivity index (χ2v) is 6.92. The summed E-state index contributed by atoms with van der Waals surface area (Å²) in [4.78, 5) is 0.771.